The number of aromatic nitrogens is 1. The highest BCUT2D eigenvalue weighted by molar-refractivity contribution is 5.81. The molecule has 2 bridgehead atoms. The van der Waals surface area contributed by atoms with Crippen molar-refractivity contribution in [1.82, 2.24) is 14.4 Å². The lowest BCUT2D eigenvalue weighted by Gasteiger charge is -2.43. The maximum atomic E-state index is 13.5. The summed E-state index contributed by atoms with van der Waals surface area (Å²) in [6.07, 6.45) is 0.846. The second-order valence-electron chi connectivity index (χ2n) is 8.97. The number of aliphatic carboxylic acids is 1. The first kappa shape index (κ1) is 21.3. The Kier molecular flexibility index (Phi) is 5.96. The summed E-state index contributed by atoms with van der Waals surface area (Å²) in [6.45, 7) is 2.49. The molecular formula is C24H29N3O4. The van der Waals surface area contributed by atoms with Crippen LogP contribution >= 0.6 is 0 Å². The predicted octanol–water partition coefficient (Wildman–Crippen LogP) is 2.39. The van der Waals surface area contributed by atoms with Crippen molar-refractivity contribution in [3.05, 3.63) is 58.0 Å². The van der Waals surface area contributed by atoms with Crippen molar-refractivity contribution < 1.29 is 14.7 Å². The third-order valence-corrected chi connectivity index (χ3v) is 6.30. The minimum Gasteiger partial charge on any atom is -0.481 e. The number of nitrogens with zero attached hydrogens (tertiary/aromatic N) is 3. The molecule has 3 heterocycles. The maximum absolute atomic E-state index is 13.5. The van der Waals surface area contributed by atoms with Crippen LogP contribution in [-0.4, -0.2) is 58.5 Å². The summed E-state index contributed by atoms with van der Waals surface area (Å²) in [6, 6.07) is 12.0. The summed E-state index contributed by atoms with van der Waals surface area (Å²) in [5.74, 6) is -0.739. The molecule has 2 unspecified atom stereocenters. The van der Waals surface area contributed by atoms with Crippen LogP contribution in [0, 0.1) is 5.92 Å². The number of likely N-dealkylation sites (tertiary alicyclic amines) is 1. The molecule has 2 atom stereocenters. The second-order valence-corrected chi connectivity index (χ2v) is 8.97. The Morgan fingerprint density at radius 1 is 1.03 bits per heavy atom. The molecule has 31 heavy (non-hydrogen) atoms. The lowest BCUT2D eigenvalue weighted by molar-refractivity contribution is -0.141. The average Bonchev–Trinajstić information content (AvgIpc) is 2.73. The normalized spacial score (nSPS) is 19.9. The summed E-state index contributed by atoms with van der Waals surface area (Å²) >= 11 is 0. The topological polar surface area (TPSA) is 82.9 Å². The fourth-order valence-electron chi connectivity index (χ4n) is 4.99. The Labute approximate surface area is 181 Å². The van der Waals surface area contributed by atoms with E-state index in [2.05, 4.69) is 11.0 Å². The van der Waals surface area contributed by atoms with Gasteiger partial charge in [0.2, 0.25) is 5.91 Å². The second kappa shape index (κ2) is 8.67. The minimum atomic E-state index is -0.954. The Balaban J connectivity index is 1.63. The van der Waals surface area contributed by atoms with Crippen molar-refractivity contribution >= 4 is 11.9 Å². The van der Waals surface area contributed by atoms with Gasteiger partial charge < -0.3 is 19.5 Å². The minimum absolute atomic E-state index is 0.0309. The summed E-state index contributed by atoms with van der Waals surface area (Å²) in [4.78, 5) is 40.6. The fraction of sp³-hybridized carbons (Fsp3) is 0.458. The standard InChI is InChI=1S/C24H29N3O4/c1-25(2)14-17-5-3-4-6-19(17)20-7-8-21-18-11-16(13-27(21)24(20)31)12-26(15-18)22(28)9-10-23(29)30/h3-8,16,18H,9-15H2,1-2H3,(H,29,30). The molecule has 0 radical (unpaired) electrons. The highest BCUT2D eigenvalue weighted by atomic mass is 16.4. The van der Waals surface area contributed by atoms with Crippen LogP contribution in [0.3, 0.4) is 0 Å². The van der Waals surface area contributed by atoms with Crippen LogP contribution in [0.2, 0.25) is 0 Å². The highest BCUT2D eigenvalue weighted by Gasteiger charge is 2.36. The third-order valence-electron chi connectivity index (χ3n) is 6.30. The number of piperidine rings is 1. The van der Waals surface area contributed by atoms with E-state index in [4.69, 9.17) is 5.11 Å². The Hall–Kier alpha value is -2.93. The van der Waals surface area contributed by atoms with Gasteiger partial charge in [0.15, 0.2) is 0 Å². The van der Waals surface area contributed by atoms with Gasteiger partial charge in [0, 0.05) is 49.8 Å². The van der Waals surface area contributed by atoms with E-state index < -0.39 is 5.97 Å². The number of amides is 1. The van der Waals surface area contributed by atoms with E-state index >= 15 is 0 Å². The molecule has 2 aliphatic rings. The van der Waals surface area contributed by atoms with Crippen LogP contribution in [0.5, 0.6) is 0 Å². The van der Waals surface area contributed by atoms with Gasteiger partial charge in [-0.1, -0.05) is 24.3 Å². The first-order valence-electron chi connectivity index (χ1n) is 10.8. The summed E-state index contributed by atoms with van der Waals surface area (Å²) in [5.41, 5.74) is 3.82. The number of carbonyl (C=O) groups excluding carboxylic acids is 1. The number of rotatable bonds is 6. The lowest BCUT2D eigenvalue weighted by Crippen LogP contribution is -2.49. The molecule has 2 aromatic rings. The molecule has 0 saturated carbocycles. The van der Waals surface area contributed by atoms with Crippen molar-refractivity contribution in [2.45, 2.75) is 38.3 Å². The van der Waals surface area contributed by atoms with E-state index in [1.54, 1.807) is 4.90 Å². The molecule has 4 rings (SSSR count). The molecule has 1 saturated heterocycles. The zero-order valence-corrected chi connectivity index (χ0v) is 18.1. The molecule has 1 aromatic heterocycles. The van der Waals surface area contributed by atoms with Crippen molar-refractivity contribution in [2.75, 3.05) is 27.2 Å². The smallest absolute Gasteiger partial charge is 0.303 e. The van der Waals surface area contributed by atoms with Gasteiger partial charge >= 0.3 is 5.97 Å². The Morgan fingerprint density at radius 2 is 1.81 bits per heavy atom. The van der Waals surface area contributed by atoms with Crippen molar-refractivity contribution in [3.63, 3.8) is 0 Å². The van der Waals surface area contributed by atoms with Gasteiger partial charge in [0.05, 0.1) is 6.42 Å². The first-order valence-corrected chi connectivity index (χ1v) is 10.8. The summed E-state index contributed by atoms with van der Waals surface area (Å²) < 4.78 is 1.90. The molecular weight excluding hydrogens is 394 g/mol. The van der Waals surface area contributed by atoms with Crippen molar-refractivity contribution in [2.24, 2.45) is 5.92 Å². The summed E-state index contributed by atoms with van der Waals surface area (Å²) in [7, 11) is 4.03. The molecule has 1 aromatic carbocycles. The molecule has 2 aliphatic heterocycles. The van der Waals surface area contributed by atoms with E-state index in [0.717, 1.165) is 35.3 Å². The van der Waals surface area contributed by atoms with E-state index in [-0.39, 0.29) is 36.1 Å². The number of carbonyl (C=O) groups is 2. The van der Waals surface area contributed by atoms with Crippen LogP contribution in [-0.2, 0) is 22.7 Å². The number of fused-ring (bicyclic) bond motifs is 4. The van der Waals surface area contributed by atoms with Crippen molar-refractivity contribution in [3.8, 4) is 11.1 Å². The zero-order valence-electron chi connectivity index (χ0n) is 18.1. The zero-order chi connectivity index (χ0) is 22.1. The van der Waals surface area contributed by atoms with E-state index in [1.807, 2.05) is 49.0 Å². The average molecular weight is 424 g/mol. The van der Waals surface area contributed by atoms with Crippen molar-refractivity contribution in [1.29, 1.82) is 0 Å². The van der Waals surface area contributed by atoms with E-state index in [0.29, 0.717) is 19.6 Å². The quantitative estimate of drug-likeness (QED) is 0.771. The lowest BCUT2D eigenvalue weighted by atomic mass is 9.82. The molecule has 7 heteroatoms. The van der Waals surface area contributed by atoms with E-state index in [1.165, 1.54) is 0 Å². The van der Waals surface area contributed by atoms with Crippen LogP contribution in [0.4, 0.5) is 0 Å². The molecule has 164 valence electrons. The molecule has 1 fully saturated rings. The number of pyridine rings is 1. The monoisotopic (exact) mass is 423 g/mol. The fourth-order valence-corrected chi connectivity index (χ4v) is 4.99. The summed E-state index contributed by atoms with van der Waals surface area (Å²) in [5, 5.41) is 8.86. The molecule has 0 spiro atoms. The van der Waals surface area contributed by atoms with Crippen LogP contribution < -0.4 is 5.56 Å². The number of carboxylic acid groups (broad SMARTS) is 1. The molecule has 0 aliphatic carbocycles. The third kappa shape index (κ3) is 4.42. The number of hydrogen-bond donors (Lipinski definition) is 1. The van der Waals surface area contributed by atoms with Crippen LogP contribution in [0.25, 0.3) is 11.1 Å². The van der Waals surface area contributed by atoms with Gasteiger partial charge in [-0.15, -0.1) is 0 Å². The first-order chi connectivity index (χ1) is 14.8. The van der Waals surface area contributed by atoms with E-state index in [9.17, 15) is 14.4 Å². The van der Waals surface area contributed by atoms with Gasteiger partial charge in [-0.05, 0) is 49.7 Å². The largest absolute Gasteiger partial charge is 0.481 e. The van der Waals surface area contributed by atoms with Gasteiger partial charge in [-0.2, -0.15) is 0 Å². The SMILES string of the molecule is CN(C)Cc1ccccc1-c1ccc2n(c1=O)CC1CC2CN(C(=O)CCC(=O)O)C1. The molecule has 1 N–H and O–H groups in total. The maximum Gasteiger partial charge on any atom is 0.303 e. The number of carboxylic acids is 1. The number of benzene rings is 1. The number of hydrogen-bond acceptors (Lipinski definition) is 4. The van der Waals surface area contributed by atoms with Crippen LogP contribution in [0.15, 0.2) is 41.2 Å². The van der Waals surface area contributed by atoms with Gasteiger partial charge in [0.1, 0.15) is 0 Å². The van der Waals surface area contributed by atoms with Gasteiger partial charge in [-0.25, -0.2) is 0 Å². The van der Waals surface area contributed by atoms with Crippen LogP contribution in [0.1, 0.15) is 36.4 Å². The Bertz CT molecular complexity index is 1060. The van der Waals surface area contributed by atoms with Gasteiger partial charge in [-0.3, -0.25) is 14.4 Å². The Morgan fingerprint density at radius 3 is 2.55 bits per heavy atom. The molecule has 1 amide bonds. The highest BCUT2D eigenvalue weighted by Crippen LogP contribution is 2.36. The van der Waals surface area contributed by atoms with Gasteiger partial charge in [0.25, 0.3) is 5.56 Å². The molecule has 7 nitrogen and oxygen atoms in total. The predicted molar refractivity (Wildman–Crippen MR) is 118 cm³/mol.